The molecule has 0 radical (unpaired) electrons. The summed E-state index contributed by atoms with van der Waals surface area (Å²) in [6.07, 6.45) is 1.96. The maximum Gasteiger partial charge on any atom is 0.219 e. The van der Waals surface area contributed by atoms with Crippen LogP contribution in [0.5, 0.6) is 17.4 Å². The zero-order valence-corrected chi connectivity index (χ0v) is 11.9. The molecule has 1 aromatic carbocycles. The van der Waals surface area contributed by atoms with Gasteiger partial charge in [0.1, 0.15) is 11.5 Å². The van der Waals surface area contributed by atoms with Crippen molar-refractivity contribution in [2.45, 2.75) is 26.3 Å². The molecule has 0 aliphatic heterocycles. The van der Waals surface area contributed by atoms with Crippen molar-refractivity contribution >= 4 is 0 Å². The van der Waals surface area contributed by atoms with Crippen molar-refractivity contribution in [2.75, 3.05) is 7.11 Å². The zero-order chi connectivity index (χ0) is 14.4. The van der Waals surface area contributed by atoms with Crippen LogP contribution < -0.4 is 15.2 Å². The molecule has 0 fully saturated rings. The van der Waals surface area contributed by atoms with E-state index in [1.165, 1.54) is 0 Å². The standard InChI is InChI=1S/C16H20N2O2/c1-3-5-13-8-12(11-17)9-16(18-13)20-15-7-4-6-14(10-15)19-2/h4,6-10H,3,5,11,17H2,1-2H3. The molecule has 0 amide bonds. The van der Waals surface area contributed by atoms with Crippen molar-refractivity contribution < 1.29 is 9.47 Å². The van der Waals surface area contributed by atoms with Gasteiger partial charge in [0, 0.05) is 24.4 Å². The van der Waals surface area contributed by atoms with E-state index in [2.05, 4.69) is 11.9 Å². The second-order valence-corrected chi connectivity index (χ2v) is 4.54. The van der Waals surface area contributed by atoms with Gasteiger partial charge in [0.05, 0.1) is 7.11 Å². The molecular formula is C16H20N2O2. The number of methoxy groups -OCH3 is 1. The average Bonchev–Trinajstić information content (AvgIpc) is 2.47. The molecule has 4 nitrogen and oxygen atoms in total. The van der Waals surface area contributed by atoms with Gasteiger partial charge in [-0.05, 0) is 30.2 Å². The van der Waals surface area contributed by atoms with Gasteiger partial charge < -0.3 is 15.2 Å². The predicted octanol–water partition coefficient (Wildman–Crippen LogP) is 3.29. The van der Waals surface area contributed by atoms with Crippen molar-refractivity contribution in [2.24, 2.45) is 5.73 Å². The Balaban J connectivity index is 2.24. The highest BCUT2D eigenvalue weighted by Crippen LogP contribution is 2.25. The van der Waals surface area contributed by atoms with Gasteiger partial charge in [-0.1, -0.05) is 19.4 Å². The Kier molecular flexibility index (Phi) is 4.96. The number of nitrogens with two attached hydrogens (primary N) is 1. The molecule has 0 aliphatic carbocycles. The van der Waals surface area contributed by atoms with Crippen LogP contribution in [0.1, 0.15) is 24.6 Å². The van der Waals surface area contributed by atoms with Gasteiger partial charge in [-0.25, -0.2) is 4.98 Å². The van der Waals surface area contributed by atoms with E-state index in [0.717, 1.165) is 29.8 Å². The molecule has 2 aromatic rings. The molecular weight excluding hydrogens is 252 g/mol. The largest absolute Gasteiger partial charge is 0.497 e. The Bertz CT molecular complexity index is 570. The monoisotopic (exact) mass is 272 g/mol. The van der Waals surface area contributed by atoms with E-state index in [0.29, 0.717) is 18.2 Å². The summed E-state index contributed by atoms with van der Waals surface area (Å²) < 4.78 is 11.0. The average molecular weight is 272 g/mol. The van der Waals surface area contributed by atoms with E-state index >= 15 is 0 Å². The lowest BCUT2D eigenvalue weighted by molar-refractivity contribution is 0.407. The van der Waals surface area contributed by atoms with Crippen molar-refractivity contribution in [3.05, 3.63) is 47.7 Å². The summed E-state index contributed by atoms with van der Waals surface area (Å²) in [5.41, 5.74) is 7.76. The highest BCUT2D eigenvalue weighted by atomic mass is 16.5. The van der Waals surface area contributed by atoms with Crippen molar-refractivity contribution in [3.8, 4) is 17.4 Å². The van der Waals surface area contributed by atoms with E-state index in [1.807, 2.05) is 36.4 Å². The molecule has 0 saturated carbocycles. The number of nitrogens with zero attached hydrogens (tertiary/aromatic N) is 1. The van der Waals surface area contributed by atoms with Gasteiger partial charge in [-0.15, -0.1) is 0 Å². The van der Waals surface area contributed by atoms with Gasteiger partial charge in [-0.2, -0.15) is 0 Å². The quantitative estimate of drug-likeness (QED) is 0.876. The second kappa shape index (κ2) is 6.91. The third-order valence-electron chi connectivity index (χ3n) is 2.92. The zero-order valence-electron chi connectivity index (χ0n) is 11.9. The van der Waals surface area contributed by atoms with Crippen molar-refractivity contribution in [1.29, 1.82) is 0 Å². The van der Waals surface area contributed by atoms with Crippen LogP contribution in [0.3, 0.4) is 0 Å². The van der Waals surface area contributed by atoms with Crippen LogP contribution in [-0.2, 0) is 13.0 Å². The number of benzene rings is 1. The molecule has 0 atom stereocenters. The van der Waals surface area contributed by atoms with Gasteiger partial charge in [0.2, 0.25) is 5.88 Å². The van der Waals surface area contributed by atoms with Crippen LogP contribution in [0, 0.1) is 0 Å². The summed E-state index contributed by atoms with van der Waals surface area (Å²) in [4.78, 5) is 4.50. The molecule has 0 spiro atoms. The maximum absolute atomic E-state index is 5.80. The van der Waals surface area contributed by atoms with Crippen LogP contribution in [-0.4, -0.2) is 12.1 Å². The minimum absolute atomic E-state index is 0.480. The number of hydrogen-bond donors (Lipinski definition) is 1. The summed E-state index contributed by atoms with van der Waals surface area (Å²) in [5.74, 6) is 2.03. The number of aryl methyl sites for hydroxylation is 1. The minimum Gasteiger partial charge on any atom is -0.497 e. The summed E-state index contributed by atoms with van der Waals surface area (Å²) in [7, 11) is 1.63. The topological polar surface area (TPSA) is 57.4 Å². The summed E-state index contributed by atoms with van der Waals surface area (Å²) in [6, 6.07) is 11.4. The first-order valence-electron chi connectivity index (χ1n) is 6.77. The highest BCUT2D eigenvalue weighted by molar-refractivity contribution is 5.36. The molecule has 0 bridgehead atoms. The van der Waals surface area contributed by atoms with Crippen LogP contribution in [0.25, 0.3) is 0 Å². The van der Waals surface area contributed by atoms with Gasteiger partial charge in [0.25, 0.3) is 0 Å². The molecule has 1 aromatic heterocycles. The van der Waals surface area contributed by atoms with Gasteiger partial charge in [0.15, 0.2) is 0 Å². The van der Waals surface area contributed by atoms with Crippen LogP contribution in [0.15, 0.2) is 36.4 Å². The summed E-state index contributed by atoms with van der Waals surface area (Å²) >= 11 is 0. The lowest BCUT2D eigenvalue weighted by atomic mass is 10.1. The van der Waals surface area contributed by atoms with E-state index in [1.54, 1.807) is 7.11 Å². The molecule has 2 N–H and O–H groups in total. The fraction of sp³-hybridized carbons (Fsp3) is 0.312. The van der Waals surface area contributed by atoms with Crippen LogP contribution in [0.2, 0.25) is 0 Å². The third-order valence-corrected chi connectivity index (χ3v) is 2.92. The lowest BCUT2D eigenvalue weighted by Gasteiger charge is -2.09. The summed E-state index contributed by atoms with van der Waals surface area (Å²) in [6.45, 7) is 2.60. The molecule has 1 heterocycles. The number of pyridine rings is 1. The smallest absolute Gasteiger partial charge is 0.219 e. The molecule has 106 valence electrons. The lowest BCUT2D eigenvalue weighted by Crippen LogP contribution is -2.01. The number of hydrogen-bond acceptors (Lipinski definition) is 4. The third kappa shape index (κ3) is 3.71. The Labute approximate surface area is 119 Å². The van der Waals surface area contributed by atoms with E-state index < -0.39 is 0 Å². The first kappa shape index (κ1) is 14.3. The van der Waals surface area contributed by atoms with E-state index in [9.17, 15) is 0 Å². The van der Waals surface area contributed by atoms with Gasteiger partial charge >= 0.3 is 0 Å². The second-order valence-electron chi connectivity index (χ2n) is 4.54. The first-order valence-corrected chi connectivity index (χ1v) is 6.77. The Morgan fingerprint density at radius 1 is 1.15 bits per heavy atom. The summed E-state index contributed by atoms with van der Waals surface area (Å²) in [5, 5.41) is 0. The van der Waals surface area contributed by atoms with E-state index in [4.69, 9.17) is 15.2 Å². The Hall–Kier alpha value is -2.07. The van der Waals surface area contributed by atoms with Crippen LogP contribution in [0.4, 0.5) is 0 Å². The predicted molar refractivity (Wildman–Crippen MR) is 79.2 cm³/mol. The Morgan fingerprint density at radius 2 is 1.95 bits per heavy atom. The molecule has 20 heavy (non-hydrogen) atoms. The van der Waals surface area contributed by atoms with Crippen molar-refractivity contribution in [3.63, 3.8) is 0 Å². The number of rotatable bonds is 6. The normalized spacial score (nSPS) is 10.3. The maximum atomic E-state index is 5.80. The van der Waals surface area contributed by atoms with Crippen molar-refractivity contribution in [1.82, 2.24) is 4.98 Å². The molecule has 0 saturated heterocycles. The highest BCUT2D eigenvalue weighted by Gasteiger charge is 2.05. The number of aromatic nitrogens is 1. The molecule has 0 unspecified atom stereocenters. The minimum atomic E-state index is 0.480. The SMILES string of the molecule is CCCc1cc(CN)cc(Oc2cccc(OC)c2)n1. The van der Waals surface area contributed by atoms with Gasteiger partial charge in [-0.3, -0.25) is 0 Å². The molecule has 4 heteroatoms. The fourth-order valence-corrected chi connectivity index (χ4v) is 1.96. The molecule has 2 rings (SSSR count). The van der Waals surface area contributed by atoms with E-state index in [-0.39, 0.29) is 0 Å². The number of ether oxygens (including phenoxy) is 2. The van der Waals surface area contributed by atoms with Crippen LogP contribution >= 0.6 is 0 Å². The first-order chi connectivity index (χ1) is 9.75. The Morgan fingerprint density at radius 3 is 2.65 bits per heavy atom. The fourth-order valence-electron chi connectivity index (χ4n) is 1.96. The molecule has 0 aliphatic rings.